The molecular weight excluding hydrogens is 302 g/mol. The van der Waals surface area contributed by atoms with E-state index in [2.05, 4.69) is 0 Å². The number of hydrogen-bond donors (Lipinski definition) is 1. The van der Waals surface area contributed by atoms with Crippen molar-refractivity contribution >= 4 is 17.5 Å². The number of piperidine rings is 1. The van der Waals surface area contributed by atoms with Crippen LogP contribution in [0.2, 0.25) is 0 Å². The number of amides is 2. The number of para-hydroxylation sites is 1. The van der Waals surface area contributed by atoms with Crippen molar-refractivity contribution in [3.8, 4) is 0 Å². The summed E-state index contributed by atoms with van der Waals surface area (Å²) >= 11 is 0. The van der Waals surface area contributed by atoms with Gasteiger partial charge in [0.15, 0.2) is 0 Å². The van der Waals surface area contributed by atoms with Crippen molar-refractivity contribution in [2.45, 2.75) is 38.1 Å². The molecule has 1 aliphatic carbocycles. The minimum Gasteiger partial charge on any atom is -0.333 e. The van der Waals surface area contributed by atoms with Crippen LogP contribution in [0.1, 0.15) is 32.1 Å². The molecule has 24 heavy (non-hydrogen) atoms. The molecule has 0 radical (unpaired) electrons. The molecule has 1 saturated carbocycles. The number of anilines is 1. The van der Waals surface area contributed by atoms with Crippen molar-refractivity contribution in [1.82, 2.24) is 4.90 Å². The van der Waals surface area contributed by atoms with Crippen LogP contribution in [0.4, 0.5) is 5.69 Å². The maximum absolute atomic E-state index is 12.9. The van der Waals surface area contributed by atoms with Gasteiger partial charge < -0.3 is 15.5 Å². The standard InChI is InChI=1S/C19H27N3O2/c1-21(18(23)16-10-5-7-14(16)13-20)17-11-6-12-22(19(17)24)15-8-3-2-4-9-15/h2-4,8-9,14,16-17H,5-7,10-13,20H2,1H3/t14-,16-,17?/m1/s1. The first-order chi connectivity index (χ1) is 11.6. The molecule has 1 aromatic rings. The molecule has 3 rings (SSSR count). The lowest BCUT2D eigenvalue weighted by atomic mass is 9.93. The van der Waals surface area contributed by atoms with Crippen molar-refractivity contribution in [3.63, 3.8) is 0 Å². The molecule has 0 bridgehead atoms. The molecule has 0 spiro atoms. The quantitative estimate of drug-likeness (QED) is 0.919. The van der Waals surface area contributed by atoms with Gasteiger partial charge in [0.25, 0.3) is 0 Å². The SMILES string of the molecule is CN(C(=O)[C@@H]1CCC[C@@H]1CN)C1CCCN(c2ccccc2)C1=O. The van der Waals surface area contributed by atoms with E-state index in [4.69, 9.17) is 5.73 Å². The van der Waals surface area contributed by atoms with Gasteiger partial charge in [-0.25, -0.2) is 0 Å². The van der Waals surface area contributed by atoms with Crippen LogP contribution < -0.4 is 10.6 Å². The third kappa shape index (κ3) is 3.18. The molecule has 3 atom stereocenters. The summed E-state index contributed by atoms with van der Waals surface area (Å²) < 4.78 is 0. The van der Waals surface area contributed by atoms with Crippen LogP contribution in [0.25, 0.3) is 0 Å². The number of carbonyl (C=O) groups is 2. The summed E-state index contributed by atoms with van der Waals surface area (Å²) in [4.78, 5) is 29.4. The Hall–Kier alpha value is -1.88. The topological polar surface area (TPSA) is 66.6 Å². The molecule has 1 saturated heterocycles. The Morgan fingerprint density at radius 2 is 1.96 bits per heavy atom. The molecule has 2 aliphatic rings. The first-order valence-electron chi connectivity index (χ1n) is 8.96. The summed E-state index contributed by atoms with van der Waals surface area (Å²) in [7, 11) is 1.78. The zero-order valence-electron chi connectivity index (χ0n) is 14.4. The predicted octanol–water partition coefficient (Wildman–Crippen LogP) is 2.02. The average Bonchev–Trinajstić information content (AvgIpc) is 3.10. The third-order valence-corrected chi connectivity index (χ3v) is 5.57. The van der Waals surface area contributed by atoms with Crippen LogP contribution in [0.5, 0.6) is 0 Å². The molecule has 1 heterocycles. The largest absolute Gasteiger partial charge is 0.333 e. The number of carbonyl (C=O) groups excluding carboxylic acids is 2. The van der Waals surface area contributed by atoms with Gasteiger partial charge >= 0.3 is 0 Å². The van der Waals surface area contributed by atoms with Gasteiger partial charge in [-0.15, -0.1) is 0 Å². The Labute approximate surface area is 143 Å². The van der Waals surface area contributed by atoms with Gasteiger partial charge in [-0.05, 0) is 50.3 Å². The second-order valence-electron chi connectivity index (χ2n) is 6.97. The van der Waals surface area contributed by atoms with Gasteiger partial charge in [-0.1, -0.05) is 24.6 Å². The highest BCUT2D eigenvalue weighted by Crippen LogP contribution is 2.33. The molecule has 2 N–H and O–H groups in total. The summed E-state index contributed by atoms with van der Waals surface area (Å²) in [6.45, 7) is 1.27. The average molecular weight is 329 g/mol. The molecule has 1 aromatic carbocycles. The lowest BCUT2D eigenvalue weighted by Crippen LogP contribution is -2.54. The van der Waals surface area contributed by atoms with Crippen LogP contribution in [-0.4, -0.2) is 42.9 Å². The van der Waals surface area contributed by atoms with Crippen LogP contribution in [0, 0.1) is 11.8 Å². The van der Waals surface area contributed by atoms with E-state index in [1.54, 1.807) is 11.9 Å². The highest BCUT2D eigenvalue weighted by Gasteiger charge is 2.39. The maximum Gasteiger partial charge on any atom is 0.249 e. The summed E-state index contributed by atoms with van der Waals surface area (Å²) in [6, 6.07) is 9.35. The lowest BCUT2D eigenvalue weighted by Gasteiger charge is -2.38. The highest BCUT2D eigenvalue weighted by atomic mass is 16.2. The number of benzene rings is 1. The Kier molecular flexibility index (Phi) is 5.19. The van der Waals surface area contributed by atoms with Gasteiger partial charge in [-0.3, -0.25) is 9.59 Å². The lowest BCUT2D eigenvalue weighted by molar-refractivity contribution is -0.143. The van der Waals surface area contributed by atoms with E-state index in [1.165, 1.54) is 0 Å². The van der Waals surface area contributed by atoms with Crippen LogP contribution in [-0.2, 0) is 9.59 Å². The fraction of sp³-hybridized carbons (Fsp3) is 0.579. The molecule has 5 heteroatoms. The summed E-state index contributed by atoms with van der Waals surface area (Å²) in [5.41, 5.74) is 6.73. The van der Waals surface area contributed by atoms with Crippen molar-refractivity contribution in [3.05, 3.63) is 30.3 Å². The van der Waals surface area contributed by atoms with E-state index in [-0.39, 0.29) is 29.7 Å². The van der Waals surface area contributed by atoms with E-state index >= 15 is 0 Å². The minimum absolute atomic E-state index is 0.0140. The first kappa shape index (κ1) is 17.0. The molecule has 130 valence electrons. The molecule has 0 aromatic heterocycles. The first-order valence-corrected chi connectivity index (χ1v) is 8.96. The number of rotatable bonds is 4. The maximum atomic E-state index is 12.9. The number of hydrogen-bond acceptors (Lipinski definition) is 3. The normalized spacial score (nSPS) is 27.3. The Morgan fingerprint density at radius 1 is 1.21 bits per heavy atom. The van der Waals surface area contributed by atoms with Crippen LogP contribution >= 0.6 is 0 Å². The van der Waals surface area contributed by atoms with E-state index in [1.807, 2.05) is 35.2 Å². The van der Waals surface area contributed by atoms with Crippen LogP contribution in [0.3, 0.4) is 0 Å². The smallest absolute Gasteiger partial charge is 0.249 e. The van der Waals surface area contributed by atoms with Crippen molar-refractivity contribution in [2.24, 2.45) is 17.6 Å². The second kappa shape index (κ2) is 7.34. The highest BCUT2D eigenvalue weighted by molar-refractivity contribution is 6.00. The van der Waals surface area contributed by atoms with Crippen LogP contribution in [0.15, 0.2) is 30.3 Å². The van der Waals surface area contributed by atoms with E-state index in [0.29, 0.717) is 6.54 Å². The molecule has 2 amide bonds. The van der Waals surface area contributed by atoms with Gasteiger partial charge in [0.05, 0.1) is 0 Å². The van der Waals surface area contributed by atoms with Crippen molar-refractivity contribution in [1.29, 1.82) is 0 Å². The Morgan fingerprint density at radius 3 is 2.67 bits per heavy atom. The minimum atomic E-state index is -0.356. The Bertz CT molecular complexity index is 590. The second-order valence-corrected chi connectivity index (χ2v) is 6.97. The monoisotopic (exact) mass is 329 g/mol. The Balaban J connectivity index is 1.73. The zero-order valence-corrected chi connectivity index (χ0v) is 14.4. The van der Waals surface area contributed by atoms with Crippen molar-refractivity contribution < 1.29 is 9.59 Å². The fourth-order valence-corrected chi connectivity index (χ4v) is 4.14. The number of nitrogens with two attached hydrogens (primary N) is 1. The third-order valence-electron chi connectivity index (χ3n) is 5.57. The number of nitrogens with zero attached hydrogens (tertiary/aromatic N) is 2. The molecule has 2 fully saturated rings. The molecular formula is C19H27N3O2. The molecule has 1 aliphatic heterocycles. The number of likely N-dealkylation sites (N-methyl/N-ethyl adjacent to an activating group) is 1. The van der Waals surface area contributed by atoms with E-state index in [9.17, 15) is 9.59 Å². The van der Waals surface area contributed by atoms with Gasteiger partial charge in [0.1, 0.15) is 6.04 Å². The van der Waals surface area contributed by atoms with Crippen molar-refractivity contribution in [2.75, 3.05) is 25.0 Å². The summed E-state index contributed by atoms with van der Waals surface area (Å²) in [5, 5.41) is 0. The predicted molar refractivity (Wildman–Crippen MR) is 94.5 cm³/mol. The van der Waals surface area contributed by atoms with E-state index < -0.39 is 0 Å². The van der Waals surface area contributed by atoms with E-state index in [0.717, 1.165) is 44.3 Å². The fourth-order valence-electron chi connectivity index (χ4n) is 4.14. The summed E-state index contributed by atoms with van der Waals surface area (Å²) in [5.74, 6) is 0.380. The molecule has 5 nitrogen and oxygen atoms in total. The zero-order chi connectivity index (χ0) is 17.1. The van der Waals surface area contributed by atoms with Gasteiger partial charge in [0.2, 0.25) is 11.8 Å². The summed E-state index contributed by atoms with van der Waals surface area (Å²) in [6.07, 6.45) is 4.63. The van der Waals surface area contributed by atoms with Gasteiger partial charge in [0, 0.05) is 25.2 Å². The molecule has 1 unspecified atom stereocenters. The van der Waals surface area contributed by atoms with Gasteiger partial charge in [-0.2, -0.15) is 0 Å².